The van der Waals surface area contributed by atoms with Crippen molar-refractivity contribution in [2.45, 2.75) is 19.8 Å². The zero-order valence-electron chi connectivity index (χ0n) is 11.2. The molecule has 1 aromatic carbocycles. The van der Waals surface area contributed by atoms with Crippen LogP contribution in [0.5, 0.6) is 0 Å². The average Bonchev–Trinajstić information content (AvgIpc) is 2.84. The zero-order valence-corrected chi connectivity index (χ0v) is 12.0. The zero-order chi connectivity index (χ0) is 15.4. The van der Waals surface area contributed by atoms with Gasteiger partial charge in [-0.15, -0.1) is 11.3 Å². The minimum atomic E-state index is -1.00. The second-order valence-corrected chi connectivity index (χ2v) is 5.05. The highest BCUT2D eigenvalue weighted by molar-refractivity contribution is 7.13. The van der Waals surface area contributed by atoms with Gasteiger partial charge in [0.2, 0.25) is 0 Å². The molecule has 1 aromatic heterocycles. The number of benzene rings is 1. The first-order valence-corrected chi connectivity index (χ1v) is 7.14. The van der Waals surface area contributed by atoms with Gasteiger partial charge in [-0.25, -0.2) is 18.2 Å². The third kappa shape index (κ3) is 3.81. The van der Waals surface area contributed by atoms with Crippen molar-refractivity contribution in [3.63, 3.8) is 0 Å². The van der Waals surface area contributed by atoms with Gasteiger partial charge in [0.25, 0.3) is 0 Å². The number of rotatable bonds is 5. The van der Waals surface area contributed by atoms with E-state index in [1.54, 1.807) is 12.3 Å². The molecule has 0 saturated carbocycles. The topological polar surface area (TPSA) is 39.2 Å². The smallest absolute Gasteiger partial charge is 0.306 e. The van der Waals surface area contributed by atoms with Gasteiger partial charge in [-0.1, -0.05) is 0 Å². The molecule has 7 heteroatoms. The lowest BCUT2D eigenvalue weighted by molar-refractivity contribution is -0.143. The Balaban J connectivity index is 2.15. The molecular weight excluding hydrogens is 303 g/mol. The highest BCUT2D eigenvalue weighted by atomic mass is 32.1. The summed E-state index contributed by atoms with van der Waals surface area (Å²) in [4.78, 5) is 15.3. The second kappa shape index (κ2) is 6.71. The molecule has 3 nitrogen and oxygen atoms in total. The number of hydrogen-bond donors (Lipinski definition) is 0. The maximum Gasteiger partial charge on any atom is 0.306 e. The first-order valence-electron chi connectivity index (χ1n) is 6.26. The van der Waals surface area contributed by atoms with Crippen LogP contribution in [-0.2, 0) is 16.0 Å². The second-order valence-electron chi connectivity index (χ2n) is 4.19. The molecule has 0 fully saturated rings. The van der Waals surface area contributed by atoms with Crippen molar-refractivity contribution in [3.8, 4) is 10.6 Å². The number of thiazole rings is 1. The summed E-state index contributed by atoms with van der Waals surface area (Å²) in [6, 6.07) is 1.22. The van der Waals surface area contributed by atoms with Crippen LogP contribution in [0.15, 0.2) is 17.5 Å². The lowest BCUT2D eigenvalue weighted by Gasteiger charge is -2.02. The SMILES string of the molecule is CCOC(=O)CCc1csc(-c2c(F)cc(F)cc2F)n1. The van der Waals surface area contributed by atoms with Crippen molar-refractivity contribution in [2.75, 3.05) is 6.61 Å². The van der Waals surface area contributed by atoms with Gasteiger partial charge in [-0.05, 0) is 6.92 Å². The van der Waals surface area contributed by atoms with E-state index in [0.717, 1.165) is 11.3 Å². The standard InChI is InChI=1S/C14H12F3NO2S/c1-2-20-12(19)4-3-9-7-21-14(18-9)13-10(16)5-8(15)6-11(13)17/h5-7H,2-4H2,1H3. The summed E-state index contributed by atoms with van der Waals surface area (Å²) in [5, 5.41) is 1.72. The third-order valence-corrected chi connectivity index (χ3v) is 3.57. The van der Waals surface area contributed by atoms with Crippen LogP contribution in [0, 0.1) is 17.5 Å². The van der Waals surface area contributed by atoms with E-state index >= 15 is 0 Å². The van der Waals surface area contributed by atoms with Crippen molar-refractivity contribution >= 4 is 17.3 Å². The maximum absolute atomic E-state index is 13.6. The van der Waals surface area contributed by atoms with E-state index in [1.807, 2.05) is 0 Å². The van der Waals surface area contributed by atoms with E-state index < -0.39 is 17.5 Å². The molecule has 21 heavy (non-hydrogen) atoms. The van der Waals surface area contributed by atoms with Crippen LogP contribution >= 0.6 is 11.3 Å². The minimum Gasteiger partial charge on any atom is -0.466 e. The first kappa shape index (κ1) is 15.5. The third-order valence-electron chi connectivity index (χ3n) is 2.66. The van der Waals surface area contributed by atoms with E-state index in [4.69, 9.17) is 4.74 Å². The van der Waals surface area contributed by atoms with Crippen LogP contribution in [0.4, 0.5) is 13.2 Å². The normalized spacial score (nSPS) is 10.7. The van der Waals surface area contributed by atoms with Gasteiger partial charge < -0.3 is 4.74 Å². The van der Waals surface area contributed by atoms with Crippen LogP contribution in [0.25, 0.3) is 10.6 Å². The molecule has 0 radical (unpaired) electrons. The van der Waals surface area contributed by atoms with E-state index in [1.165, 1.54) is 0 Å². The Labute approximate surface area is 123 Å². The van der Waals surface area contributed by atoms with Gasteiger partial charge in [0.15, 0.2) is 0 Å². The molecular formula is C14H12F3NO2S. The monoisotopic (exact) mass is 315 g/mol. The molecule has 112 valence electrons. The molecule has 0 aliphatic heterocycles. The van der Waals surface area contributed by atoms with Crippen molar-refractivity contribution in [3.05, 3.63) is 40.7 Å². The fraction of sp³-hybridized carbons (Fsp3) is 0.286. The van der Waals surface area contributed by atoms with Crippen LogP contribution in [0.3, 0.4) is 0 Å². The molecule has 0 spiro atoms. The summed E-state index contributed by atoms with van der Waals surface area (Å²) in [5.74, 6) is -3.34. The van der Waals surface area contributed by atoms with Gasteiger partial charge in [0, 0.05) is 23.9 Å². The Bertz CT molecular complexity index is 634. The van der Waals surface area contributed by atoms with E-state index in [-0.39, 0.29) is 23.0 Å². The summed E-state index contributed by atoms with van der Waals surface area (Å²) in [6.45, 7) is 2.01. The predicted molar refractivity (Wildman–Crippen MR) is 72.4 cm³/mol. The van der Waals surface area contributed by atoms with Crippen molar-refractivity contribution in [1.29, 1.82) is 0 Å². The molecule has 0 aliphatic rings. The van der Waals surface area contributed by atoms with Crippen molar-refractivity contribution < 1.29 is 22.7 Å². The molecule has 0 bridgehead atoms. The first-order chi connectivity index (χ1) is 10.0. The predicted octanol–water partition coefficient (Wildman–Crippen LogP) is 3.72. The lowest BCUT2D eigenvalue weighted by atomic mass is 10.2. The fourth-order valence-corrected chi connectivity index (χ4v) is 2.65. The molecule has 0 amide bonds. The van der Waals surface area contributed by atoms with Crippen LogP contribution < -0.4 is 0 Å². The number of ether oxygens (including phenoxy) is 1. The Kier molecular flexibility index (Phi) is 4.95. The number of hydrogen-bond acceptors (Lipinski definition) is 4. The molecule has 0 unspecified atom stereocenters. The molecule has 0 N–H and O–H groups in total. The van der Waals surface area contributed by atoms with Gasteiger partial charge >= 0.3 is 5.97 Å². The molecule has 0 atom stereocenters. The van der Waals surface area contributed by atoms with E-state index in [0.29, 0.717) is 30.9 Å². The van der Waals surface area contributed by atoms with Crippen LogP contribution in [0.1, 0.15) is 19.0 Å². The van der Waals surface area contributed by atoms with Crippen molar-refractivity contribution in [1.82, 2.24) is 4.98 Å². The molecule has 2 rings (SSSR count). The fourth-order valence-electron chi connectivity index (χ4n) is 1.75. The van der Waals surface area contributed by atoms with Crippen LogP contribution in [-0.4, -0.2) is 17.6 Å². The van der Waals surface area contributed by atoms with E-state index in [9.17, 15) is 18.0 Å². The average molecular weight is 315 g/mol. The summed E-state index contributed by atoms with van der Waals surface area (Å²) in [5.41, 5.74) is 0.176. The Morgan fingerprint density at radius 3 is 2.57 bits per heavy atom. The molecule has 0 aliphatic carbocycles. The maximum atomic E-state index is 13.6. The number of esters is 1. The largest absolute Gasteiger partial charge is 0.466 e. The van der Waals surface area contributed by atoms with Gasteiger partial charge in [-0.2, -0.15) is 0 Å². The summed E-state index contributed by atoms with van der Waals surface area (Å²) in [7, 11) is 0. The minimum absolute atomic E-state index is 0.115. The van der Waals surface area contributed by atoms with Gasteiger partial charge in [0.05, 0.1) is 24.3 Å². The number of aryl methyl sites for hydroxylation is 1. The Morgan fingerprint density at radius 2 is 1.95 bits per heavy atom. The number of carbonyl (C=O) groups is 1. The van der Waals surface area contributed by atoms with Gasteiger partial charge in [0.1, 0.15) is 22.5 Å². The Hall–Kier alpha value is -1.89. The summed E-state index contributed by atoms with van der Waals surface area (Å²) < 4.78 is 44.9. The number of halogens is 3. The van der Waals surface area contributed by atoms with Crippen molar-refractivity contribution in [2.24, 2.45) is 0 Å². The Morgan fingerprint density at radius 1 is 1.29 bits per heavy atom. The number of aromatic nitrogens is 1. The molecule has 2 aromatic rings. The highest BCUT2D eigenvalue weighted by Crippen LogP contribution is 2.30. The number of nitrogens with zero attached hydrogens (tertiary/aromatic N) is 1. The molecule has 1 heterocycles. The summed E-state index contributed by atoms with van der Waals surface area (Å²) >= 11 is 1.04. The summed E-state index contributed by atoms with van der Waals surface area (Å²) in [6.07, 6.45) is 0.463. The van der Waals surface area contributed by atoms with E-state index in [2.05, 4.69) is 4.98 Å². The number of carbonyl (C=O) groups excluding carboxylic acids is 1. The highest BCUT2D eigenvalue weighted by Gasteiger charge is 2.17. The quantitative estimate of drug-likeness (QED) is 0.789. The van der Waals surface area contributed by atoms with Gasteiger partial charge in [-0.3, -0.25) is 4.79 Å². The molecule has 0 saturated heterocycles. The lowest BCUT2D eigenvalue weighted by Crippen LogP contribution is -2.05. The van der Waals surface area contributed by atoms with Crippen LogP contribution in [0.2, 0.25) is 0 Å².